The predicted molar refractivity (Wildman–Crippen MR) is 39.6 cm³/mol. The molecule has 0 aromatic rings. The summed E-state index contributed by atoms with van der Waals surface area (Å²) in [5.41, 5.74) is 0. The fraction of sp³-hybridized carbons (Fsp3) is 0.625. The van der Waals surface area contributed by atoms with Gasteiger partial charge in [-0.15, -0.1) is 12.3 Å². The minimum Gasteiger partial charge on any atom is -0.332 e. The van der Waals surface area contributed by atoms with E-state index in [0.717, 1.165) is 4.90 Å². The lowest BCUT2D eigenvalue weighted by molar-refractivity contribution is -0.157. The number of likely N-dealkylation sites (tertiary alicyclic amines) is 1. The second kappa shape index (κ2) is 3.29. The summed E-state index contributed by atoms with van der Waals surface area (Å²) in [6.07, 6.45) is 0.712. The van der Waals surface area contributed by atoms with Gasteiger partial charge >= 0.3 is 6.18 Å². The maximum absolute atomic E-state index is 11.9. The number of nitrogens with zero attached hydrogens (tertiary/aromatic N) is 1. The molecule has 1 rings (SSSR count). The first-order valence-electron chi connectivity index (χ1n) is 3.73. The average molecular weight is 191 g/mol. The zero-order valence-electron chi connectivity index (χ0n) is 6.77. The number of rotatable bonds is 1. The van der Waals surface area contributed by atoms with Crippen molar-refractivity contribution in [2.24, 2.45) is 5.92 Å². The molecule has 1 aliphatic rings. The number of halogens is 3. The highest BCUT2D eigenvalue weighted by molar-refractivity contribution is 5.79. The summed E-state index contributed by atoms with van der Waals surface area (Å²) in [4.78, 5) is 11.7. The van der Waals surface area contributed by atoms with E-state index in [1.165, 1.54) is 0 Å². The molecule has 1 atom stereocenters. The van der Waals surface area contributed by atoms with Crippen LogP contribution in [0.2, 0.25) is 0 Å². The lowest BCUT2D eigenvalue weighted by Crippen LogP contribution is -2.35. The Morgan fingerprint density at radius 3 is 2.62 bits per heavy atom. The molecule has 2 nitrogen and oxygen atoms in total. The normalized spacial score (nSPS) is 23.4. The highest BCUT2D eigenvalue weighted by Gasteiger charge is 2.37. The molecule has 1 aliphatic heterocycles. The lowest BCUT2D eigenvalue weighted by atomic mass is 10.1. The molecule has 72 valence electrons. The van der Waals surface area contributed by atoms with Gasteiger partial charge in [0, 0.05) is 18.9 Å². The largest absolute Gasteiger partial charge is 0.406 e. The Morgan fingerprint density at radius 1 is 1.62 bits per heavy atom. The van der Waals surface area contributed by atoms with Gasteiger partial charge < -0.3 is 4.90 Å². The first kappa shape index (κ1) is 9.90. The fourth-order valence-corrected chi connectivity index (χ4v) is 1.25. The van der Waals surface area contributed by atoms with E-state index in [1.807, 2.05) is 0 Å². The predicted octanol–water partition coefficient (Wildman–Crippen LogP) is 1.03. The summed E-state index contributed by atoms with van der Waals surface area (Å²) in [7, 11) is 0. The Bertz CT molecular complexity index is 253. The van der Waals surface area contributed by atoms with Crippen molar-refractivity contribution in [3.05, 3.63) is 0 Å². The molecule has 0 bridgehead atoms. The van der Waals surface area contributed by atoms with Gasteiger partial charge in [0.05, 0.1) is 0 Å². The summed E-state index contributed by atoms with van der Waals surface area (Å²) in [6, 6.07) is 0. The molecule has 1 unspecified atom stereocenters. The Balaban J connectivity index is 2.55. The smallest absolute Gasteiger partial charge is 0.332 e. The van der Waals surface area contributed by atoms with Crippen LogP contribution < -0.4 is 0 Å². The molecule has 1 fully saturated rings. The van der Waals surface area contributed by atoms with E-state index < -0.39 is 18.6 Å². The number of carbonyl (C=O) groups is 1. The molecule has 0 saturated carbocycles. The van der Waals surface area contributed by atoms with Crippen molar-refractivity contribution in [2.75, 3.05) is 13.1 Å². The van der Waals surface area contributed by atoms with Gasteiger partial charge in [-0.1, -0.05) is 0 Å². The van der Waals surface area contributed by atoms with Crippen molar-refractivity contribution in [1.29, 1.82) is 0 Å². The molecule has 1 heterocycles. The number of hydrogen-bond acceptors (Lipinski definition) is 1. The van der Waals surface area contributed by atoms with E-state index in [0.29, 0.717) is 0 Å². The second-order valence-corrected chi connectivity index (χ2v) is 2.96. The van der Waals surface area contributed by atoms with E-state index >= 15 is 0 Å². The van der Waals surface area contributed by atoms with Crippen LogP contribution in [-0.2, 0) is 4.79 Å². The van der Waals surface area contributed by atoms with Gasteiger partial charge in [0.25, 0.3) is 0 Å². The number of alkyl halides is 3. The summed E-state index contributed by atoms with van der Waals surface area (Å²) in [6.45, 7) is -1.17. The Labute approximate surface area is 73.7 Å². The van der Waals surface area contributed by atoms with Crippen molar-refractivity contribution >= 4 is 5.91 Å². The molecule has 0 radical (unpaired) electrons. The van der Waals surface area contributed by atoms with Crippen molar-refractivity contribution < 1.29 is 18.0 Å². The van der Waals surface area contributed by atoms with Crippen LogP contribution in [0.1, 0.15) is 6.42 Å². The van der Waals surface area contributed by atoms with Crippen LogP contribution in [0.3, 0.4) is 0 Å². The maximum atomic E-state index is 11.9. The third-order valence-corrected chi connectivity index (χ3v) is 1.82. The van der Waals surface area contributed by atoms with Gasteiger partial charge in [0.15, 0.2) is 0 Å². The van der Waals surface area contributed by atoms with Crippen LogP contribution in [0.25, 0.3) is 0 Å². The lowest BCUT2D eigenvalue weighted by Gasteiger charge is -2.17. The van der Waals surface area contributed by atoms with Crippen LogP contribution in [-0.4, -0.2) is 30.1 Å². The van der Waals surface area contributed by atoms with E-state index in [9.17, 15) is 18.0 Å². The van der Waals surface area contributed by atoms with Crippen LogP contribution in [0.4, 0.5) is 13.2 Å². The van der Waals surface area contributed by atoms with Crippen molar-refractivity contribution in [3.63, 3.8) is 0 Å². The Morgan fingerprint density at radius 2 is 2.23 bits per heavy atom. The first-order valence-corrected chi connectivity index (χ1v) is 3.73. The Hall–Kier alpha value is -1.18. The minimum atomic E-state index is -4.33. The highest BCUT2D eigenvalue weighted by Crippen LogP contribution is 2.23. The molecule has 5 heteroatoms. The van der Waals surface area contributed by atoms with E-state index in [2.05, 4.69) is 5.92 Å². The highest BCUT2D eigenvalue weighted by atomic mass is 19.4. The number of amides is 1. The van der Waals surface area contributed by atoms with E-state index in [-0.39, 0.29) is 18.9 Å². The van der Waals surface area contributed by atoms with Gasteiger partial charge in [0.2, 0.25) is 5.91 Å². The van der Waals surface area contributed by atoms with E-state index in [4.69, 9.17) is 6.42 Å². The number of terminal acetylenes is 1. The van der Waals surface area contributed by atoms with Crippen molar-refractivity contribution in [2.45, 2.75) is 12.6 Å². The summed E-state index contributed by atoms with van der Waals surface area (Å²) in [5, 5.41) is 0. The number of hydrogen-bond donors (Lipinski definition) is 0. The number of carbonyl (C=O) groups excluding carboxylic acids is 1. The standard InChI is InChI=1S/C8H8F3NO/c1-2-6-3-7(13)12(4-6)5-8(9,10)11/h1,6H,3-5H2. The topological polar surface area (TPSA) is 20.3 Å². The molecular weight excluding hydrogens is 183 g/mol. The molecule has 0 aromatic heterocycles. The minimum absolute atomic E-state index is 0.0227. The summed E-state index contributed by atoms with van der Waals surface area (Å²) in [5.74, 6) is 1.40. The Kier molecular flexibility index (Phi) is 2.50. The molecule has 0 aliphatic carbocycles. The quantitative estimate of drug-likeness (QED) is 0.567. The van der Waals surface area contributed by atoms with Crippen molar-refractivity contribution in [3.8, 4) is 12.3 Å². The van der Waals surface area contributed by atoms with Gasteiger partial charge in [0.1, 0.15) is 6.54 Å². The maximum Gasteiger partial charge on any atom is 0.406 e. The van der Waals surface area contributed by atoms with Crippen LogP contribution in [0, 0.1) is 18.3 Å². The van der Waals surface area contributed by atoms with Crippen LogP contribution in [0.5, 0.6) is 0 Å². The molecular formula is C8H8F3NO. The third kappa shape index (κ3) is 2.65. The summed E-state index contributed by atoms with van der Waals surface area (Å²) < 4.78 is 35.6. The van der Waals surface area contributed by atoms with Gasteiger partial charge in [-0.3, -0.25) is 4.79 Å². The monoisotopic (exact) mass is 191 g/mol. The van der Waals surface area contributed by atoms with Gasteiger partial charge in [-0.2, -0.15) is 13.2 Å². The molecule has 0 spiro atoms. The summed E-state index contributed by atoms with van der Waals surface area (Å²) >= 11 is 0. The molecule has 0 aromatic carbocycles. The van der Waals surface area contributed by atoms with Crippen molar-refractivity contribution in [1.82, 2.24) is 4.90 Å². The molecule has 1 saturated heterocycles. The van der Waals surface area contributed by atoms with Crippen LogP contribution >= 0.6 is 0 Å². The van der Waals surface area contributed by atoms with Gasteiger partial charge in [-0.25, -0.2) is 0 Å². The zero-order chi connectivity index (χ0) is 10.1. The second-order valence-electron chi connectivity index (χ2n) is 2.96. The SMILES string of the molecule is C#CC1CC(=O)N(CC(F)(F)F)C1. The van der Waals surface area contributed by atoms with E-state index in [1.54, 1.807) is 0 Å². The zero-order valence-corrected chi connectivity index (χ0v) is 6.77. The van der Waals surface area contributed by atoms with Gasteiger partial charge in [-0.05, 0) is 0 Å². The first-order chi connectivity index (χ1) is 5.92. The average Bonchev–Trinajstić information content (AvgIpc) is 2.29. The molecule has 13 heavy (non-hydrogen) atoms. The van der Waals surface area contributed by atoms with Crippen LogP contribution in [0.15, 0.2) is 0 Å². The molecule has 0 N–H and O–H groups in total. The third-order valence-electron chi connectivity index (χ3n) is 1.82. The molecule has 1 amide bonds. The fourth-order valence-electron chi connectivity index (χ4n) is 1.25.